The largest absolute Gasteiger partial charge is 0.463 e. The fourth-order valence-electron chi connectivity index (χ4n) is 6.63. The van der Waals surface area contributed by atoms with Gasteiger partial charge in [0.2, 0.25) is 0 Å². The van der Waals surface area contributed by atoms with Crippen molar-refractivity contribution in [2.75, 3.05) is 0 Å². The summed E-state index contributed by atoms with van der Waals surface area (Å²) in [4.78, 5) is 0. The molecule has 0 aliphatic rings. The summed E-state index contributed by atoms with van der Waals surface area (Å²) in [5.41, 5.74) is 6.12. The van der Waals surface area contributed by atoms with Gasteiger partial charge in [-0.15, -0.1) is 11.3 Å². The van der Waals surface area contributed by atoms with E-state index in [1.165, 1.54) is 74.7 Å². The van der Waals surface area contributed by atoms with E-state index in [4.69, 9.17) is 4.42 Å². The van der Waals surface area contributed by atoms with E-state index in [1.54, 1.807) is 6.26 Å². The van der Waals surface area contributed by atoms with Crippen molar-refractivity contribution in [1.82, 2.24) is 0 Å². The average Bonchev–Trinajstić information content (AvgIpc) is 3.65. The first-order valence-electron chi connectivity index (χ1n) is 13.6. The number of furan rings is 1. The summed E-state index contributed by atoms with van der Waals surface area (Å²) in [5, 5.41) is 11.3. The SMILES string of the molecule is c1ccc2c(-c3c4ccccc4c(-c4cccc5c4sc4c5ccc5ccoc54)c4ccccc34)cccc2c1. The summed E-state index contributed by atoms with van der Waals surface area (Å²) in [6.45, 7) is 0. The highest BCUT2D eigenvalue weighted by Crippen LogP contribution is 2.49. The van der Waals surface area contributed by atoms with Crippen LogP contribution in [0.15, 0.2) is 138 Å². The van der Waals surface area contributed by atoms with Gasteiger partial charge in [-0.3, -0.25) is 0 Å². The van der Waals surface area contributed by atoms with Crippen LogP contribution in [0.25, 0.3) is 85.7 Å². The van der Waals surface area contributed by atoms with Crippen LogP contribution in [-0.2, 0) is 0 Å². The van der Waals surface area contributed by atoms with Crippen LogP contribution in [0.5, 0.6) is 0 Å². The second-order valence-corrected chi connectivity index (χ2v) is 11.5. The minimum absolute atomic E-state index is 0.977. The average molecular weight is 527 g/mol. The van der Waals surface area contributed by atoms with E-state index >= 15 is 0 Å². The molecule has 0 radical (unpaired) electrons. The maximum atomic E-state index is 5.96. The van der Waals surface area contributed by atoms with Crippen LogP contribution in [0.3, 0.4) is 0 Å². The molecule has 0 fully saturated rings. The van der Waals surface area contributed by atoms with E-state index in [9.17, 15) is 0 Å². The first-order valence-corrected chi connectivity index (χ1v) is 14.4. The Morgan fingerprint density at radius 1 is 0.375 bits per heavy atom. The molecule has 40 heavy (non-hydrogen) atoms. The predicted octanol–water partition coefficient (Wildman–Crippen LogP) is 11.6. The maximum Gasteiger partial charge on any atom is 0.151 e. The Bertz CT molecular complexity index is 2380. The zero-order valence-corrected chi connectivity index (χ0v) is 22.3. The molecule has 1 nitrogen and oxygen atoms in total. The maximum absolute atomic E-state index is 5.96. The summed E-state index contributed by atoms with van der Waals surface area (Å²) >= 11 is 1.84. The molecule has 9 rings (SSSR count). The van der Waals surface area contributed by atoms with Crippen molar-refractivity contribution in [3.05, 3.63) is 134 Å². The van der Waals surface area contributed by atoms with Crippen molar-refractivity contribution < 1.29 is 4.42 Å². The van der Waals surface area contributed by atoms with Crippen molar-refractivity contribution in [2.24, 2.45) is 0 Å². The van der Waals surface area contributed by atoms with Crippen LogP contribution in [0.4, 0.5) is 0 Å². The Hall–Kier alpha value is -4.92. The highest BCUT2D eigenvalue weighted by atomic mass is 32.1. The van der Waals surface area contributed by atoms with Gasteiger partial charge in [-0.25, -0.2) is 0 Å². The van der Waals surface area contributed by atoms with Gasteiger partial charge in [0.1, 0.15) is 0 Å². The number of fused-ring (bicyclic) bond motifs is 8. The second-order valence-electron chi connectivity index (χ2n) is 10.4. The second kappa shape index (κ2) is 8.29. The monoisotopic (exact) mass is 526 g/mol. The topological polar surface area (TPSA) is 13.1 Å². The number of thiophene rings is 1. The Morgan fingerprint density at radius 3 is 1.68 bits per heavy atom. The van der Waals surface area contributed by atoms with E-state index in [1.807, 2.05) is 17.4 Å². The number of hydrogen-bond donors (Lipinski definition) is 0. The van der Waals surface area contributed by atoms with Crippen LogP contribution < -0.4 is 0 Å². The van der Waals surface area contributed by atoms with Gasteiger partial charge >= 0.3 is 0 Å². The van der Waals surface area contributed by atoms with Crippen molar-refractivity contribution in [3.8, 4) is 22.3 Å². The van der Waals surface area contributed by atoms with E-state index in [-0.39, 0.29) is 0 Å². The minimum atomic E-state index is 0.977. The van der Waals surface area contributed by atoms with Crippen molar-refractivity contribution in [2.45, 2.75) is 0 Å². The lowest BCUT2D eigenvalue weighted by Gasteiger charge is -2.19. The van der Waals surface area contributed by atoms with Gasteiger partial charge in [0.05, 0.1) is 11.0 Å². The molecule has 0 amide bonds. The molecule has 0 N–H and O–H groups in total. The van der Waals surface area contributed by atoms with E-state index in [0.717, 1.165) is 11.0 Å². The first kappa shape index (κ1) is 22.0. The van der Waals surface area contributed by atoms with Crippen LogP contribution >= 0.6 is 11.3 Å². The summed E-state index contributed by atoms with van der Waals surface area (Å²) in [5.74, 6) is 0. The van der Waals surface area contributed by atoms with E-state index in [0.29, 0.717) is 0 Å². The van der Waals surface area contributed by atoms with Crippen molar-refractivity contribution >= 4 is 74.8 Å². The molecule has 186 valence electrons. The van der Waals surface area contributed by atoms with E-state index < -0.39 is 0 Å². The Kier molecular flexibility index (Phi) is 4.55. The smallest absolute Gasteiger partial charge is 0.151 e. The minimum Gasteiger partial charge on any atom is -0.463 e. The first-order chi connectivity index (χ1) is 19.9. The molecular formula is C38H22OS. The summed E-state index contributed by atoms with van der Waals surface area (Å²) in [6, 6.07) is 46.4. The highest BCUT2D eigenvalue weighted by Gasteiger charge is 2.20. The molecule has 0 aliphatic carbocycles. The van der Waals surface area contributed by atoms with Gasteiger partial charge < -0.3 is 4.42 Å². The van der Waals surface area contributed by atoms with Gasteiger partial charge in [-0.2, -0.15) is 0 Å². The molecule has 0 bridgehead atoms. The lowest BCUT2D eigenvalue weighted by molar-refractivity contribution is 0.619. The van der Waals surface area contributed by atoms with Crippen molar-refractivity contribution in [3.63, 3.8) is 0 Å². The number of benzene rings is 7. The van der Waals surface area contributed by atoms with Crippen molar-refractivity contribution in [1.29, 1.82) is 0 Å². The third-order valence-electron chi connectivity index (χ3n) is 8.35. The highest BCUT2D eigenvalue weighted by molar-refractivity contribution is 7.27. The Labute approximate surface area is 234 Å². The molecule has 9 aromatic rings. The van der Waals surface area contributed by atoms with E-state index in [2.05, 4.69) is 121 Å². The Morgan fingerprint density at radius 2 is 0.925 bits per heavy atom. The fraction of sp³-hybridized carbons (Fsp3) is 0. The molecular weight excluding hydrogens is 504 g/mol. The molecule has 2 heterocycles. The normalized spacial score (nSPS) is 12.0. The van der Waals surface area contributed by atoms with Gasteiger partial charge in [0.25, 0.3) is 0 Å². The molecule has 0 saturated carbocycles. The van der Waals surface area contributed by atoms with Gasteiger partial charge in [0.15, 0.2) is 5.58 Å². The molecule has 0 unspecified atom stereocenters. The number of rotatable bonds is 2. The molecule has 2 aromatic heterocycles. The van der Waals surface area contributed by atoms with Crippen LogP contribution in [-0.4, -0.2) is 0 Å². The molecule has 0 aliphatic heterocycles. The molecule has 0 saturated heterocycles. The number of hydrogen-bond acceptors (Lipinski definition) is 2. The van der Waals surface area contributed by atoms with Crippen LogP contribution in [0.2, 0.25) is 0 Å². The zero-order chi connectivity index (χ0) is 26.2. The fourth-order valence-corrected chi connectivity index (χ4v) is 7.95. The molecule has 0 spiro atoms. The summed E-state index contributed by atoms with van der Waals surface area (Å²) in [7, 11) is 0. The standard InChI is InChI=1S/C38H22OS/c1-2-11-25-23(9-1)10-7-16-26(25)34-27-12-3-5-14-29(27)35(30-15-6-4-13-28(30)34)33-18-8-17-31-32-20-19-24-21-22-39-36(24)38(32)40-37(31)33/h1-22H. The third-order valence-corrected chi connectivity index (χ3v) is 9.60. The summed E-state index contributed by atoms with van der Waals surface area (Å²) < 4.78 is 8.47. The predicted molar refractivity (Wildman–Crippen MR) is 172 cm³/mol. The van der Waals surface area contributed by atoms with Gasteiger partial charge in [-0.1, -0.05) is 121 Å². The lowest BCUT2D eigenvalue weighted by Crippen LogP contribution is -1.91. The summed E-state index contributed by atoms with van der Waals surface area (Å²) in [6.07, 6.45) is 1.79. The molecule has 7 aromatic carbocycles. The van der Waals surface area contributed by atoms with Crippen LogP contribution in [0.1, 0.15) is 0 Å². The van der Waals surface area contributed by atoms with Crippen LogP contribution in [0, 0.1) is 0 Å². The van der Waals surface area contributed by atoms with Gasteiger partial charge in [0, 0.05) is 26.4 Å². The zero-order valence-electron chi connectivity index (χ0n) is 21.5. The molecule has 2 heteroatoms. The Balaban J connectivity index is 1.46. The lowest BCUT2D eigenvalue weighted by atomic mass is 9.84. The van der Waals surface area contributed by atoms with Gasteiger partial charge in [-0.05, 0) is 55.1 Å². The third kappa shape index (κ3) is 2.97. The quantitative estimate of drug-likeness (QED) is 0.204. The molecule has 0 atom stereocenters.